The van der Waals surface area contributed by atoms with Crippen molar-refractivity contribution in [3.8, 4) is 0 Å². The maximum absolute atomic E-state index is 4.35. The van der Waals surface area contributed by atoms with Gasteiger partial charge in [-0.2, -0.15) is 0 Å². The molecule has 3 nitrogen and oxygen atoms in total. The van der Waals surface area contributed by atoms with E-state index in [9.17, 15) is 0 Å². The van der Waals surface area contributed by atoms with Crippen LogP contribution in [0.3, 0.4) is 0 Å². The molecule has 0 aromatic carbocycles. The molecule has 2 heterocycles. The molecule has 1 fully saturated rings. The standard InChI is InChI=1S/C14H25N3/c1-4-14(2,3)10-17-11-16-9-13(17)12-6-5-7-15-8-12/h9,11-12,15H,4-8,10H2,1-3H3. The van der Waals surface area contributed by atoms with Crippen LogP contribution in [0.4, 0.5) is 0 Å². The van der Waals surface area contributed by atoms with Crippen LogP contribution in [-0.2, 0) is 6.54 Å². The fourth-order valence-corrected chi connectivity index (χ4v) is 2.48. The van der Waals surface area contributed by atoms with Gasteiger partial charge in [-0.25, -0.2) is 4.98 Å². The van der Waals surface area contributed by atoms with E-state index < -0.39 is 0 Å². The molecule has 0 spiro atoms. The maximum Gasteiger partial charge on any atom is 0.0948 e. The number of nitrogens with one attached hydrogen (secondary N) is 1. The Kier molecular flexibility index (Phi) is 3.87. The summed E-state index contributed by atoms with van der Waals surface area (Å²) in [6.45, 7) is 10.3. The van der Waals surface area contributed by atoms with E-state index in [1.807, 2.05) is 6.33 Å². The van der Waals surface area contributed by atoms with Gasteiger partial charge in [0, 0.05) is 30.9 Å². The third-order valence-corrected chi connectivity index (χ3v) is 4.02. The van der Waals surface area contributed by atoms with Crippen LogP contribution in [0.25, 0.3) is 0 Å². The predicted molar refractivity (Wildman–Crippen MR) is 71.1 cm³/mol. The molecule has 0 saturated carbocycles. The first-order valence-electron chi connectivity index (χ1n) is 6.83. The van der Waals surface area contributed by atoms with Crippen LogP contribution >= 0.6 is 0 Å². The van der Waals surface area contributed by atoms with Crippen molar-refractivity contribution in [1.29, 1.82) is 0 Å². The molecule has 0 radical (unpaired) electrons. The van der Waals surface area contributed by atoms with Crippen molar-refractivity contribution < 1.29 is 0 Å². The second kappa shape index (κ2) is 5.21. The summed E-state index contributed by atoms with van der Waals surface area (Å²) in [5, 5.41) is 3.49. The van der Waals surface area contributed by atoms with E-state index >= 15 is 0 Å². The highest BCUT2D eigenvalue weighted by molar-refractivity contribution is 5.08. The molecule has 1 aliphatic rings. The van der Waals surface area contributed by atoms with Gasteiger partial charge in [0.25, 0.3) is 0 Å². The molecular weight excluding hydrogens is 210 g/mol. The lowest BCUT2D eigenvalue weighted by Gasteiger charge is -2.28. The van der Waals surface area contributed by atoms with Gasteiger partial charge in [-0.3, -0.25) is 0 Å². The Morgan fingerprint density at radius 2 is 2.35 bits per heavy atom. The van der Waals surface area contributed by atoms with E-state index in [0.717, 1.165) is 13.1 Å². The van der Waals surface area contributed by atoms with Crippen LogP contribution < -0.4 is 5.32 Å². The minimum atomic E-state index is 0.359. The highest BCUT2D eigenvalue weighted by Gasteiger charge is 2.22. The summed E-state index contributed by atoms with van der Waals surface area (Å²) in [4.78, 5) is 4.35. The molecule has 1 aliphatic heterocycles. The number of aromatic nitrogens is 2. The molecule has 1 aromatic heterocycles. The lowest BCUT2D eigenvalue weighted by molar-refractivity contribution is 0.285. The zero-order valence-electron chi connectivity index (χ0n) is 11.4. The van der Waals surface area contributed by atoms with Gasteiger partial charge >= 0.3 is 0 Å². The minimum Gasteiger partial charge on any atom is -0.334 e. The van der Waals surface area contributed by atoms with Gasteiger partial charge < -0.3 is 9.88 Å². The topological polar surface area (TPSA) is 29.9 Å². The Balaban J connectivity index is 2.10. The predicted octanol–water partition coefficient (Wildman–Crippen LogP) is 2.79. The quantitative estimate of drug-likeness (QED) is 0.869. The SMILES string of the molecule is CCC(C)(C)Cn1cncc1C1CCCNC1. The van der Waals surface area contributed by atoms with Gasteiger partial charge in [0.05, 0.1) is 6.33 Å². The normalized spacial score (nSPS) is 21.7. The summed E-state index contributed by atoms with van der Waals surface area (Å²) in [5.74, 6) is 0.652. The third kappa shape index (κ3) is 3.09. The molecule has 0 aliphatic carbocycles. The maximum atomic E-state index is 4.35. The van der Waals surface area contributed by atoms with E-state index in [1.165, 1.54) is 31.5 Å². The molecule has 1 aromatic rings. The number of hydrogen-bond acceptors (Lipinski definition) is 2. The van der Waals surface area contributed by atoms with Crippen molar-refractivity contribution in [2.75, 3.05) is 13.1 Å². The first-order chi connectivity index (χ1) is 8.12. The molecule has 1 atom stereocenters. The van der Waals surface area contributed by atoms with Gasteiger partial charge in [0.1, 0.15) is 0 Å². The molecule has 1 N–H and O–H groups in total. The van der Waals surface area contributed by atoms with Crippen molar-refractivity contribution in [3.63, 3.8) is 0 Å². The van der Waals surface area contributed by atoms with Gasteiger partial charge in [-0.15, -0.1) is 0 Å². The molecule has 3 heteroatoms. The monoisotopic (exact) mass is 235 g/mol. The number of nitrogens with zero attached hydrogens (tertiary/aromatic N) is 2. The lowest BCUT2D eigenvalue weighted by atomic mass is 9.89. The average Bonchev–Trinajstić information content (AvgIpc) is 2.77. The van der Waals surface area contributed by atoms with Crippen molar-refractivity contribution in [2.45, 2.75) is 52.5 Å². The summed E-state index contributed by atoms with van der Waals surface area (Å²) in [6.07, 6.45) is 7.84. The number of imidazole rings is 1. The van der Waals surface area contributed by atoms with Gasteiger partial charge in [0.2, 0.25) is 0 Å². The smallest absolute Gasteiger partial charge is 0.0948 e. The molecule has 2 rings (SSSR count). The number of piperidine rings is 1. The zero-order chi connectivity index (χ0) is 12.3. The lowest BCUT2D eigenvalue weighted by Crippen LogP contribution is -2.30. The van der Waals surface area contributed by atoms with Crippen LogP contribution in [0.15, 0.2) is 12.5 Å². The van der Waals surface area contributed by atoms with Crippen LogP contribution in [0.2, 0.25) is 0 Å². The third-order valence-electron chi connectivity index (χ3n) is 4.02. The fourth-order valence-electron chi connectivity index (χ4n) is 2.48. The van der Waals surface area contributed by atoms with Gasteiger partial charge in [0.15, 0.2) is 0 Å². The Morgan fingerprint density at radius 1 is 1.53 bits per heavy atom. The molecule has 0 amide bonds. The summed E-state index contributed by atoms with van der Waals surface area (Å²) in [5.41, 5.74) is 1.77. The van der Waals surface area contributed by atoms with Crippen LogP contribution in [0.1, 0.15) is 51.6 Å². The Morgan fingerprint density at radius 3 is 3.00 bits per heavy atom. The van der Waals surface area contributed by atoms with E-state index in [2.05, 4.69) is 41.8 Å². The Hall–Kier alpha value is -0.830. The first-order valence-corrected chi connectivity index (χ1v) is 6.83. The van der Waals surface area contributed by atoms with Crippen LogP contribution in [-0.4, -0.2) is 22.6 Å². The summed E-state index contributed by atoms with van der Waals surface area (Å²) < 4.78 is 2.36. The Bertz CT molecular complexity index is 348. The van der Waals surface area contributed by atoms with E-state index in [4.69, 9.17) is 0 Å². The summed E-state index contributed by atoms with van der Waals surface area (Å²) in [6, 6.07) is 0. The number of hydrogen-bond donors (Lipinski definition) is 1. The summed E-state index contributed by atoms with van der Waals surface area (Å²) in [7, 11) is 0. The molecule has 17 heavy (non-hydrogen) atoms. The first kappa shape index (κ1) is 12.6. The van der Waals surface area contributed by atoms with Crippen LogP contribution in [0, 0.1) is 5.41 Å². The second-order valence-corrected chi connectivity index (χ2v) is 6.01. The summed E-state index contributed by atoms with van der Waals surface area (Å²) >= 11 is 0. The van der Waals surface area contributed by atoms with Crippen LogP contribution in [0.5, 0.6) is 0 Å². The van der Waals surface area contributed by atoms with Gasteiger partial charge in [-0.05, 0) is 31.2 Å². The highest BCUT2D eigenvalue weighted by Crippen LogP contribution is 2.27. The zero-order valence-corrected chi connectivity index (χ0v) is 11.4. The van der Waals surface area contributed by atoms with Gasteiger partial charge in [-0.1, -0.05) is 20.8 Å². The Labute approximate surface area is 105 Å². The fraction of sp³-hybridized carbons (Fsp3) is 0.786. The van der Waals surface area contributed by atoms with Crippen molar-refractivity contribution >= 4 is 0 Å². The van der Waals surface area contributed by atoms with Crippen molar-refractivity contribution in [2.24, 2.45) is 5.41 Å². The average molecular weight is 235 g/mol. The molecular formula is C14H25N3. The molecule has 1 saturated heterocycles. The van der Waals surface area contributed by atoms with Crippen molar-refractivity contribution in [1.82, 2.24) is 14.9 Å². The van der Waals surface area contributed by atoms with E-state index in [0.29, 0.717) is 11.3 Å². The largest absolute Gasteiger partial charge is 0.334 e. The highest BCUT2D eigenvalue weighted by atomic mass is 15.1. The van der Waals surface area contributed by atoms with E-state index in [-0.39, 0.29) is 0 Å². The van der Waals surface area contributed by atoms with Crippen molar-refractivity contribution in [3.05, 3.63) is 18.2 Å². The van der Waals surface area contributed by atoms with E-state index in [1.54, 1.807) is 0 Å². The molecule has 1 unspecified atom stereocenters. The second-order valence-electron chi connectivity index (χ2n) is 6.01. The molecule has 96 valence electrons. The number of rotatable bonds is 4. The minimum absolute atomic E-state index is 0.359. The molecule has 0 bridgehead atoms.